The van der Waals surface area contributed by atoms with Crippen molar-refractivity contribution in [1.82, 2.24) is 0 Å². The Kier molecular flexibility index (Phi) is 5.90. The first-order chi connectivity index (χ1) is 15.0. The van der Waals surface area contributed by atoms with Gasteiger partial charge in [-0.3, -0.25) is 4.52 Å². The molecule has 0 aromatic heterocycles. The Bertz CT molecular complexity index is 1160. The molecule has 0 amide bonds. The average molecular weight is 436 g/mol. The maximum Gasteiger partial charge on any atom is 0.411 e. The van der Waals surface area contributed by atoms with Crippen molar-refractivity contribution in [3.63, 3.8) is 0 Å². The number of methoxy groups -OCH3 is 2. The molecule has 5 nitrogen and oxygen atoms in total. The molecular formula is C25H25O5P. The molecule has 0 N–H and O–H groups in total. The lowest BCUT2D eigenvalue weighted by Gasteiger charge is -2.30. The number of hydrogen-bond donors (Lipinski definition) is 0. The lowest BCUT2D eigenvalue weighted by molar-refractivity contribution is 0.279. The minimum atomic E-state index is -3.56. The van der Waals surface area contributed by atoms with Gasteiger partial charge in [0.25, 0.3) is 0 Å². The molecule has 0 radical (unpaired) electrons. The summed E-state index contributed by atoms with van der Waals surface area (Å²) in [5.74, 6) is 2.01. The van der Waals surface area contributed by atoms with Gasteiger partial charge >= 0.3 is 7.60 Å². The van der Waals surface area contributed by atoms with Gasteiger partial charge in [-0.1, -0.05) is 29.8 Å². The summed E-state index contributed by atoms with van der Waals surface area (Å²) < 4.78 is 36.4. The number of rotatable bonds is 6. The van der Waals surface area contributed by atoms with Crippen molar-refractivity contribution >= 4 is 24.2 Å². The monoisotopic (exact) mass is 436 g/mol. The fourth-order valence-corrected chi connectivity index (χ4v) is 5.58. The molecule has 0 saturated heterocycles. The van der Waals surface area contributed by atoms with E-state index in [-0.39, 0.29) is 6.61 Å². The molecule has 0 saturated carbocycles. The maximum absolute atomic E-state index is 13.9. The predicted octanol–water partition coefficient (Wildman–Crippen LogP) is 5.81. The van der Waals surface area contributed by atoms with Crippen molar-refractivity contribution in [1.29, 1.82) is 0 Å². The first-order valence-electron chi connectivity index (χ1n) is 10.1. The van der Waals surface area contributed by atoms with Crippen molar-refractivity contribution in [2.75, 3.05) is 20.8 Å². The molecule has 6 heteroatoms. The fraction of sp³-hybridized carbons (Fsp3) is 0.200. The lowest BCUT2D eigenvalue weighted by Crippen LogP contribution is -2.21. The van der Waals surface area contributed by atoms with Crippen LogP contribution in [-0.4, -0.2) is 20.8 Å². The van der Waals surface area contributed by atoms with Crippen LogP contribution in [0.3, 0.4) is 0 Å². The van der Waals surface area contributed by atoms with Crippen molar-refractivity contribution in [2.45, 2.75) is 13.8 Å². The molecule has 1 aliphatic rings. The number of ether oxygens (including phenoxy) is 2. The van der Waals surface area contributed by atoms with E-state index in [1.54, 1.807) is 14.2 Å². The Hall–Kier alpha value is -3.01. The molecule has 160 valence electrons. The van der Waals surface area contributed by atoms with Crippen LogP contribution in [0.25, 0.3) is 11.3 Å². The van der Waals surface area contributed by atoms with Gasteiger partial charge in [-0.05, 0) is 61.9 Å². The zero-order chi connectivity index (χ0) is 22.0. The van der Waals surface area contributed by atoms with E-state index in [0.29, 0.717) is 11.1 Å². The van der Waals surface area contributed by atoms with Crippen molar-refractivity contribution in [3.8, 4) is 11.5 Å². The molecular weight excluding hydrogens is 411 g/mol. The molecule has 0 spiro atoms. The minimum Gasteiger partial charge on any atom is -0.497 e. The van der Waals surface area contributed by atoms with E-state index >= 15 is 0 Å². The first kappa shape index (κ1) is 21.2. The van der Waals surface area contributed by atoms with Crippen LogP contribution >= 0.6 is 7.60 Å². The highest BCUT2D eigenvalue weighted by atomic mass is 31.2. The summed E-state index contributed by atoms with van der Waals surface area (Å²) in [7, 11) is -0.300. The summed E-state index contributed by atoms with van der Waals surface area (Å²) in [5, 5.41) is 0.581. The summed E-state index contributed by atoms with van der Waals surface area (Å²) in [6.45, 7) is 4.05. The Labute approximate surface area is 182 Å². The predicted molar refractivity (Wildman–Crippen MR) is 123 cm³/mol. The van der Waals surface area contributed by atoms with Gasteiger partial charge in [0.05, 0.1) is 26.1 Å². The van der Waals surface area contributed by atoms with Gasteiger partial charge in [-0.2, -0.15) is 0 Å². The van der Waals surface area contributed by atoms with E-state index in [2.05, 4.69) is 0 Å². The molecule has 1 unspecified atom stereocenters. The minimum absolute atomic E-state index is 0.276. The van der Waals surface area contributed by atoms with Crippen LogP contribution in [0.15, 0.2) is 66.7 Å². The molecule has 1 aliphatic heterocycles. The van der Waals surface area contributed by atoms with Gasteiger partial charge in [0.15, 0.2) is 0 Å². The Balaban J connectivity index is 2.00. The van der Waals surface area contributed by atoms with E-state index in [1.807, 2.05) is 80.6 Å². The highest BCUT2D eigenvalue weighted by Crippen LogP contribution is 2.57. The van der Waals surface area contributed by atoms with Crippen LogP contribution in [0, 0.1) is 6.92 Å². The molecule has 0 aliphatic carbocycles. The Morgan fingerprint density at radius 3 is 1.97 bits per heavy atom. The highest BCUT2D eigenvalue weighted by molar-refractivity contribution is 7.62. The molecule has 3 aromatic rings. The second kappa shape index (κ2) is 8.62. The standard InChI is InChI=1S/C25H25O5P/c1-5-29-31(26)23-16-17(2)6-15-22(23)24(18-7-11-20(27-3)12-8-18)25(30-31)19-9-13-21(28-4)14-10-19/h6-16H,5H2,1-4H3. The van der Waals surface area contributed by atoms with Gasteiger partial charge in [-0.15, -0.1) is 0 Å². The second-order valence-electron chi connectivity index (χ2n) is 7.19. The van der Waals surface area contributed by atoms with Crippen molar-refractivity contribution in [2.24, 2.45) is 0 Å². The van der Waals surface area contributed by atoms with Crippen LogP contribution in [0.5, 0.6) is 11.5 Å². The third-order valence-corrected chi connectivity index (χ3v) is 7.17. The normalized spacial score (nSPS) is 17.7. The van der Waals surface area contributed by atoms with E-state index in [9.17, 15) is 4.57 Å². The van der Waals surface area contributed by atoms with Crippen LogP contribution in [0.4, 0.5) is 0 Å². The second-order valence-corrected chi connectivity index (χ2v) is 9.11. The number of benzene rings is 3. The van der Waals surface area contributed by atoms with Crippen molar-refractivity contribution in [3.05, 3.63) is 89.0 Å². The van der Waals surface area contributed by atoms with Crippen LogP contribution in [-0.2, 0) is 13.6 Å². The SMILES string of the molecule is CCOP1(=O)OC(c2ccc(OC)cc2)=C(c2ccc(OC)cc2)c2ccc(C)cc21. The average Bonchev–Trinajstić information content (AvgIpc) is 2.80. The summed E-state index contributed by atoms with van der Waals surface area (Å²) in [6, 6.07) is 21.1. The fourth-order valence-electron chi connectivity index (χ4n) is 3.67. The van der Waals surface area contributed by atoms with Gasteiger partial charge in [0, 0.05) is 16.7 Å². The summed E-state index contributed by atoms with van der Waals surface area (Å²) in [5.41, 5.74) is 4.40. The summed E-state index contributed by atoms with van der Waals surface area (Å²) in [4.78, 5) is 0. The van der Waals surface area contributed by atoms with Crippen LogP contribution < -0.4 is 14.8 Å². The smallest absolute Gasteiger partial charge is 0.411 e. The van der Waals surface area contributed by atoms with Gasteiger partial charge in [0.2, 0.25) is 0 Å². The van der Waals surface area contributed by atoms with E-state index < -0.39 is 7.60 Å². The van der Waals surface area contributed by atoms with Crippen LogP contribution in [0.2, 0.25) is 0 Å². The largest absolute Gasteiger partial charge is 0.497 e. The Morgan fingerprint density at radius 2 is 1.42 bits per heavy atom. The molecule has 0 bridgehead atoms. The van der Waals surface area contributed by atoms with Crippen molar-refractivity contribution < 1.29 is 23.1 Å². The maximum atomic E-state index is 13.9. The third kappa shape index (κ3) is 3.99. The lowest BCUT2D eigenvalue weighted by atomic mass is 9.93. The van der Waals surface area contributed by atoms with Gasteiger partial charge < -0.3 is 14.0 Å². The van der Waals surface area contributed by atoms with Crippen LogP contribution in [0.1, 0.15) is 29.2 Å². The van der Waals surface area contributed by atoms with E-state index in [0.717, 1.165) is 39.3 Å². The van der Waals surface area contributed by atoms with E-state index in [4.69, 9.17) is 18.5 Å². The van der Waals surface area contributed by atoms with Gasteiger partial charge in [0.1, 0.15) is 17.3 Å². The van der Waals surface area contributed by atoms with E-state index in [1.165, 1.54) is 0 Å². The summed E-state index contributed by atoms with van der Waals surface area (Å²) in [6.07, 6.45) is 0. The highest BCUT2D eigenvalue weighted by Gasteiger charge is 2.39. The molecule has 0 fully saturated rings. The third-order valence-electron chi connectivity index (χ3n) is 5.19. The summed E-state index contributed by atoms with van der Waals surface area (Å²) >= 11 is 0. The molecule has 3 aromatic carbocycles. The molecule has 4 rings (SSSR count). The zero-order valence-corrected chi connectivity index (χ0v) is 18.9. The number of hydrogen-bond acceptors (Lipinski definition) is 5. The number of fused-ring (bicyclic) bond motifs is 1. The molecule has 1 heterocycles. The first-order valence-corrected chi connectivity index (χ1v) is 11.6. The topological polar surface area (TPSA) is 54.0 Å². The quantitative estimate of drug-likeness (QED) is 0.456. The zero-order valence-electron chi connectivity index (χ0n) is 18.0. The molecule has 1 atom stereocenters. The number of aryl methyl sites for hydroxylation is 1. The van der Waals surface area contributed by atoms with Gasteiger partial charge in [-0.25, -0.2) is 4.57 Å². The molecule has 31 heavy (non-hydrogen) atoms. The Morgan fingerprint density at radius 1 is 0.839 bits per heavy atom.